The van der Waals surface area contributed by atoms with Crippen LogP contribution >= 0.6 is 12.2 Å². The van der Waals surface area contributed by atoms with E-state index in [9.17, 15) is 14.7 Å². The highest BCUT2D eigenvalue weighted by Crippen LogP contribution is 2.45. The highest BCUT2D eigenvalue weighted by molar-refractivity contribution is 7.80. The van der Waals surface area contributed by atoms with Gasteiger partial charge in [0, 0.05) is 36.1 Å². The number of aromatic nitrogens is 2. The van der Waals surface area contributed by atoms with E-state index in [2.05, 4.69) is 26.3 Å². The van der Waals surface area contributed by atoms with Gasteiger partial charge in [0.05, 0.1) is 36.1 Å². The zero-order valence-electron chi connectivity index (χ0n) is 24.5. The van der Waals surface area contributed by atoms with Gasteiger partial charge in [-0.05, 0) is 92.6 Å². The Morgan fingerprint density at radius 2 is 1.86 bits per heavy atom. The number of hydrogen-bond acceptors (Lipinski definition) is 6. The van der Waals surface area contributed by atoms with E-state index in [0.29, 0.717) is 16.5 Å². The van der Waals surface area contributed by atoms with Crippen LogP contribution in [0.3, 0.4) is 0 Å². The maximum absolute atomic E-state index is 12.4. The molecule has 10 nitrogen and oxygen atoms in total. The van der Waals surface area contributed by atoms with E-state index in [-0.39, 0.29) is 30.2 Å². The molecule has 0 spiro atoms. The predicted molar refractivity (Wildman–Crippen MR) is 168 cm³/mol. The molecular formula is C32H33N5O5S. The molecule has 0 radical (unpaired) electrons. The number of anilines is 2. The second-order valence-electron chi connectivity index (χ2n) is 10.3. The third kappa shape index (κ3) is 5.69. The first-order chi connectivity index (χ1) is 20.6. The van der Waals surface area contributed by atoms with Crippen LogP contribution in [0, 0.1) is 20.8 Å². The summed E-state index contributed by atoms with van der Waals surface area (Å²) in [4.78, 5) is 30.9. The lowest BCUT2D eigenvalue weighted by atomic mass is 9.96. The summed E-state index contributed by atoms with van der Waals surface area (Å²) in [6, 6.07) is 17.9. The predicted octanol–water partition coefficient (Wildman–Crippen LogP) is 5.27. The number of carboxylic acid groups (broad SMARTS) is 1. The minimum Gasteiger partial charge on any atom is -0.495 e. The third-order valence-electron chi connectivity index (χ3n) is 7.59. The number of nitrogens with one attached hydrogen (secondary N) is 2. The highest BCUT2D eigenvalue weighted by atomic mass is 32.1. The molecule has 4 aromatic rings. The van der Waals surface area contributed by atoms with Crippen LogP contribution < -0.4 is 20.3 Å². The van der Waals surface area contributed by atoms with Gasteiger partial charge in [-0.15, -0.1) is 0 Å². The van der Waals surface area contributed by atoms with Crippen molar-refractivity contribution < 1.29 is 24.2 Å². The number of thiocarbonyl (C=S) groups is 1. The van der Waals surface area contributed by atoms with E-state index in [0.717, 1.165) is 39.6 Å². The van der Waals surface area contributed by atoms with Crippen molar-refractivity contribution in [1.29, 1.82) is 0 Å². The molecule has 1 aliphatic rings. The topological polar surface area (TPSA) is 118 Å². The lowest BCUT2D eigenvalue weighted by Gasteiger charge is -2.29. The molecule has 43 heavy (non-hydrogen) atoms. The van der Waals surface area contributed by atoms with E-state index in [1.165, 1.54) is 7.11 Å². The molecule has 5 rings (SSSR count). The molecular weight excluding hydrogens is 566 g/mol. The number of aryl methyl sites for hydroxylation is 2. The number of benzene rings is 2. The van der Waals surface area contributed by atoms with Crippen molar-refractivity contribution in [3.63, 3.8) is 0 Å². The van der Waals surface area contributed by atoms with Crippen molar-refractivity contribution in [3.8, 4) is 11.4 Å². The lowest BCUT2D eigenvalue weighted by molar-refractivity contribution is -0.119. The zero-order valence-corrected chi connectivity index (χ0v) is 25.4. The average molecular weight is 600 g/mol. The van der Waals surface area contributed by atoms with Crippen molar-refractivity contribution >= 4 is 40.6 Å². The number of methoxy groups -OCH3 is 2. The number of rotatable bonds is 9. The quantitative estimate of drug-likeness (QED) is 0.221. The number of nitrogens with zero attached hydrogens (tertiary/aromatic N) is 3. The van der Waals surface area contributed by atoms with Gasteiger partial charge in [-0.3, -0.25) is 9.78 Å². The van der Waals surface area contributed by atoms with Crippen LogP contribution in [-0.4, -0.2) is 52.5 Å². The number of pyridine rings is 1. The molecule has 3 heterocycles. The standard InChI is InChI=1S/C32H33N5O5S/c1-18-9-10-21(31(39)40)15-26(18)36-19(2)14-23(20(36)3)30-29(24-8-6-7-13-33-24)35-32(43)37(30)22-11-12-27(42-5)25(16-22)34-28(38)17-41-4/h6-16,29-30H,17H2,1-5H3,(H,34,38)(H,35,43)(H,39,40)/t29-,30-/m1/s1. The number of amides is 1. The molecule has 0 saturated carbocycles. The molecule has 2 aromatic heterocycles. The molecule has 222 valence electrons. The number of hydrogen-bond donors (Lipinski definition) is 3. The fourth-order valence-corrected chi connectivity index (χ4v) is 6.00. The van der Waals surface area contributed by atoms with E-state index in [4.69, 9.17) is 21.7 Å². The Morgan fingerprint density at radius 3 is 2.53 bits per heavy atom. The first kappa shape index (κ1) is 29.7. The fourth-order valence-electron chi connectivity index (χ4n) is 5.65. The molecule has 0 unspecified atom stereocenters. The first-order valence-electron chi connectivity index (χ1n) is 13.6. The minimum absolute atomic E-state index is 0.101. The number of carbonyl (C=O) groups excluding carboxylic acids is 1. The second-order valence-corrected chi connectivity index (χ2v) is 10.7. The summed E-state index contributed by atoms with van der Waals surface area (Å²) in [6.45, 7) is 5.89. The molecule has 1 saturated heterocycles. The van der Waals surface area contributed by atoms with E-state index < -0.39 is 5.97 Å². The molecule has 1 fully saturated rings. The van der Waals surface area contributed by atoms with Crippen LogP contribution in [0.15, 0.2) is 66.9 Å². The van der Waals surface area contributed by atoms with Gasteiger partial charge in [0.15, 0.2) is 5.11 Å². The van der Waals surface area contributed by atoms with Gasteiger partial charge < -0.3 is 34.7 Å². The summed E-state index contributed by atoms with van der Waals surface area (Å²) in [5, 5.41) is 16.5. The third-order valence-corrected chi connectivity index (χ3v) is 7.91. The minimum atomic E-state index is -0.983. The smallest absolute Gasteiger partial charge is 0.335 e. The van der Waals surface area contributed by atoms with Crippen molar-refractivity contribution in [2.24, 2.45) is 0 Å². The molecule has 1 aliphatic heterocycles. The number of aromatic carboxylic acids is 1. The summed E-state index contributed by atoms with van der Waals surface area (Å²) >= 11 is 5.93. The maximum Gasteiger partial charge on any atom is 0.335 e. The van der Waals surface area contributed by atoms with Gasteiger partial charge in [0.1, 0.15) is 12.4 Å². The summed E-state index contributed by atoms with van der Waals surface area (Å²) < 4.78 is 12.6. The molecule has 1 amide bonds. The molecule has 11 heteroatoms. The molecule has 2 aromatic carbocycles. The zero-order chi connectivity index (χ0) is 30.8. The fraction of sp³-hybridized carbons (Fsp3) is 0.250. The molecule has 0 aliphatic carbocycles. The summed E-state index contributed by atoms with van der Waals surface area (Å²) in [5.74, 6) is -0.801. The van der Waals surface area contributed by atoms with Crippen LogP contribution in [0.4, 0.5) is 11.4 Å². The lowest BCUT2D eigenvalue weighted by Crippen LogP contribution is -2.29. The summed E-state index contributed by atoms with van der Waals surface area (Å²) in [7, 11) is 3.00. The first-order valence-corrected chi connectivity index (χ1v) is 14.1. The Hall–Kier alpha value is -4.74. The largest absolute Gasteiger partial charge is 0.495 e. The molecule has 3 N–H and O–H groups in total. The maximum atomic E-state index is 12.4. The van der Waals surface area contributed by atoms with E-state index >= 15 is 0 Å². The van der Waals surface area contributed by atoms with Crippen molar-refractivity contribution in [2.45, 2.75) is 32.9 Å². The van der Waals surface area contributed by atoms with Crippen LogP contribution in [-0.2, 0) is 9.53 Å². The Bertz CT molecular complexity index is 1700. The Labute approximate surface area is 255 Å². The second kappa shape index (κ2) is 12.2. The van der Waals surface area contributed by atoms with Gasteiger partial charge >= 0.3 is 5.97 Å². The normalized spacial score (nSPS) is 16.2. The number of carboxylic acids is 1. The van der Waals surface area contributed by atoms with Gasteiger partial charge in [-0.2, -0.15) is 0 Å². The monoisotopic (exact) mass is 599 g/mol. The van der Waals surface area contributed by atoms with Crippen molar-refractivity contribution in [2.75, 3.05) is 31.0 Å². The van der Waals surface area contributed by atoms with Gasteiger partial charge in [-0.1, -0.05) is 12.1 Å². The Balaban J connectivity index is 1.67. The summed E-state index contributed by atoms with van der Waals surface area (Å²) in [5.41, 5.74) is 6.86. The van der Waals surface area contributed by atoms with E-state index in [1.807, 2.05) is 62.1 Å². The number of carbonyl (C=O) groups is 2. The highest BCUT2D eigenvalue weighted by Gasteiger charge is 2.42. The van der Waals surface area contributed by atoms with Crippen LogP contribution in [0.25, 0.3) is 5.69 Å². The van der Waals surface area contributed by atoms with Crippen LogP contribution in [0.1, 0.15) is 50.7 Å². The van der Waals surface area contributed by atoms with Crippen LogP contribution in [0.5, 0.6) is 5.75 Å². The Morgan fingerprint density at radius 1 is 1.07 bits per heavy atom. The van der Waals surface area contributed by atoms with Gasteiger partial charge in [-0.25, -0.2) is 4.79 Å². The van der Waals surface area contributed by atoms with Crippen LogP contribution in [0.2, 0.25) is 0 Å². The molecule has 2 atom stereocenters. The van der Waals surface area contributed by atoms with Crippen molar-refractivity contribution in [1.82, 2.24) is 14.9 Å². The van der Waals surface area contributed by atoms with Crippen molar-refractivity contribution in [3.05, 3.63) is 101 Å². The van der Waals surface area contributed by atoms with Gasteiger partial charge in [0.2, 0.25) is 5.91 Å². The SMILES string of the molecule is COCC(=O)Nc1cc(N2C(=S)N[C@H](c3ccccn3)[C@H]2c2cc(C)n(-c3cc(C(=O)O)ccc3C)c2C)ccc1OC. The number of ether oxygens (including phenoxy) is 2. The average Bonchev–Trinajstić information content (AvgIpc) is 3.48. The Kier molecular flexibility index (Phi) is 8.47. The van der Waals surface area contributed by atoms with Gasteiger partial charge in [0.25, 0.3) is 0 Å². The van der Waals surface area contributed by atoms with E-state index in [1.54, 1.807) is 31.5 Å². The summed E-state index contributed by atoms with van der Waals surface area (Å²) in [6.07, 6.45) is 1.75. The molecule has 0 bridgehead atoms.